The number of hydrazone groups is 1. The molecular formula is C17H15FN4OS. The smallest absolute Gasteiger partial charge is 0.250 e. The van der Waals surface area contributed by atoms with E-state index in [9.17, 15) is 9.18 Å². The van der Waals surface area contributed by atoms with Gasteiger partial charge in [0.15, 0.2) is 5.16 Å². The minimum atomic E-state index is -0.345. The van der Waals surface area contributed by atoms with Crippen molar-refractivity contribution in [3.05, 3.63) is 59.9 Å². The summed E-state index contributed by atoms with van der Waals surface area (Å²) in [6.07, 6.45) is 1.40. The van der Waals surface area contributed by atoms with Crippen LogP contribution in [0.25, 0.3) is 11.0 Å². The van der Waals surface area contributed by atoms with Gasteiger partial charge < -0.3 is 4.57 Å². The molecule has 1 aromatic heterocycles. The molecule has 0 saturated carbocycles. The molecule has 0 unspecified atom stereocenters. The third-order valence-electron chi connectivity index (χ3n) is 3.33. The highest BCUT2D eigenvalue weighted by Crippen LogP contribution is 2.22. The molecule has 0 saturated heterocycles. The molecule has 7 heteroatoms. The minimum Gasteiger partial charge on any atom is -0.322 e. The molecule has 0 aliphatic carbocycles. The van der Waals surface area contributed by atoms with Crippen molar-refractivity contribution in [2.24, 2.45) is 12.1 Å². The van der Waals surface area contributed by atoms with E-state index in [0.717, 1.165) is 16.2 Å². The molecule has 3 rings (SSSR count). The number of nitrogens with zero attached hydrogens (tertiary/aromatic N) is 3. The second-order valence-corrected chi connectivity index (χ2v) is 6.02. The summed E-state index contributed by atoms with van der Waals surface area (Å²) in [5.74, 6) is -0.403. The maximum Gasteiger partial charge on any atom is 0.250 e. The van der Waals surface area contributed by atoms with E-state index in [4.69, 9.17) is 0 Å². The number of hydrogen-bond donors (Lipinski definition) is 1. The van der Waals surface area contributed by atoms with E-state index in [-0.39, 0.29) is 17.5 Å². The molecule has 0 bridgehead atoms. The Kier molecular flexibility index (Phi) is 4.90. The van der Waals surface area contributed by atoms with E-state index in [1.807, 2.05) is 35.9 Å². The van der Waals surface area contributed by atoms with Crippen LogP contribution in [0.2, 0.25) is 0 Å². The molecule has 0 radical (unpaired) electrons. The van der Waals surface area contributed by atoms with Crippen LogP contribution in [-0.4, -0.2) is 27.4 Å². The van der Waals surface area contributed by atoms with Gasteiger partial charge in [0.25, 0.3) is 5.91 Å². The molecule has 24 heavy (non-hydrogen) atoms. The zero-order chi connectivity index (χ0) is 16.9. The maximum atomic E-state index is 13.0. The average Bonchev–Trinajstić information content (AvgIpc) is 2.90. The molecular weight excluding hydrogens is 327 g/mol. The Morgan fingerprint density at radius 1 is 1.33 bits per heavy atom. The molecule has 0 spiro atoms. The predicted octanol–water partition coefficient (Wildman–Crippen LogP) is 2.95. The molecule has 1 amide bonds. The summed E-state index contributed by atoms with van der Waals surface area (Å²) in [6, 6.07) is 13.8. The van der Waals surface area contributed by atoms with Crippen LogP contribution >= 0.6 is 11.8 Å². The molecule has 0 aliphatic rings. The Hall–Kier alpha value is -2.67. The molecule has 0 fully saturated rings. The first-order valence-corrected chi connectivity index (χ1v) is 8.24. The van der Waals surface area contributed by atoms with E-state index in [1.54, 1.807) is 12.1 Å². The van der Waals surface area contributed by atoms with Gasteiger partial charge in [0.2, 0.25) is 0 Å². The Balaban J connectivity index is 1.56. The van der Waals surface area contributed by atoms with Gasteiger partial charge in [0.1, 0.15) is 5.82 Å². The first kappa shape index (κ1) is 16.2. The van der Waals surface area contributed by atoms with Gasteiger partial charge >= 0.3 is 0 Å². The van der Waals surface area contributed by atoms with Gasteiger partial charge in [-0.15, -0.1) is 0 Å². The number of hydrogen-bond acceptors (Lipinski definition) is 4. The van der Waals surface area contributed by atoms with Crippen LogP contribution in [0.5, 0.6) is 0 Å². The van der Waals surface area contributed by atoms with Gasteiger partial charge in [0, 0.05) is 7.05 Å². The van der Waals surface area contributed by atoms with Gasteiger partial charge in [-0.1, -0.05) is 36.0 Å². The summed E-state index contributed by atoms with van der Waals surface area (Å²) in [6.45, 7) is 0. The predicted molar refractivity (Wildman–Crippen MR) is 93.6 cm³/mol. The summed E-state index contributed by atoms with van der Waals surface area (Å²) in [7, 11) is 1.91. The molecule has 0 aliphatic heterocycles. The summed E-state index contributed by atoms with van der Waals surface area (Å²) >= 11 is 1.34. The van der Waals surface area contributed by atoms with E-state index >= 15 is 0 Å². The number of para-hydroxylation sites is 2. The average molecular weight is 342 g/mol. The highest BCUT2D eigenvalue weighted by Gasteiger charge is 2.09. The van der Waals surface area contributed by atoms with Crippen LogP contribution in [0, 0.1) is 5.82 Å². The summed E-state index contributed by atoms with van der Waals surface area (Å²) in [5, 5.41) is 4.59. The Bertz CT molecular complexity index is 906. The summed E-state index contributed by atoms with van der Waals surface area (Å²) in [5.41, 5.74) is 4.92. The normalized spacial score (nSPS) is 11.2. The zero-order valence-corrected chi connectivity index (χ0v) is 13.8. The van der Waals surface area contributed by atoms with Crippen molar-refractivity contribution in [2.75, 3.05) is 5.75 Å². The zero-order valence-electron chi connectivity index (χ0n) is 12.9. The van der Waals surface area contributed by atoms with Crippen LogP contribution in [0.4, 0.5) is 4.39 Å². The number of imidazole rings is 1. The van der Waals surface area contributed by atoms with Gasteiger partial charge in [0.05, 0.1) is 23.0 Å². The van der Waals surface area contributed by atoms with E-state index < -0.39 is 0 Å². The van der Waals surface area contributed by atoms with E-state index in [0.29, 0.717) is 5.56 Å². The highest BCUT2D eigenvalue weighted by molar-refractivity contribution is 7.99. The van der Waals surface area contributed by atoms with Gasteiger partial charge in [-0.3, -0.25) is 4.79 Å². The fourth-order valence-corrected chi connectivity index (χ4v) is 2.96. The van der Waals surface area contributed by atoms with Crippen molar-refractivity contribution in [3.8, 4) is 0 Å². The fraction of sp³-hybridized carbons (Fsp3) is 0.118. The molecule has 0 atom stereocenters. The van der Waals surface area contributed by atoms with Crippen molar-refractivity contribution < 1.29 is 9.18 Å². The third-order valence-corrected chi connectivity index (χ3v) is 4.36. The lowest BCUT2D eigenvalue weighted by atomic mass is 10.2. The summed E-state index contributed by atoms with van der Waals surface area (Å²) in [4.78, 5) is 16.3. The van der Waals surface area contributed by atoms with Crippen molar-refractivity contribution >= 4 is 34.9 Å². The third kappa shape index (κ3) is 3.80. The number of aryl methyl sites for hydroxylation is 1. The molecule has 122 valence electrons. The maximum absolute atomic E-state index is 13.0. The number of rotatable bonds is 5. The van der Waals surface area contributed by atoms with Crippen molar-refractivity contribution in [1.29, 1.82) is 0 Å². The van der Waals surface area contributed by atoms with Crippen molar-refractivity contribution in [2.45, 2.75) is 5.16 Å². The van der Waals surface area contributed by atoms with Crippen molar-refractivity contribution in [3.63, 3.8) is 0 Å². The molecule has 5 nitrogen and oxygen atoms in total. The van der Waals surface area contributed by atoms with Crippen LogP contribution in [0.3, 0.4) is 0 Å². The topological polar surface area (TPSA) is 59.3 Å². The standard InChI is InChI=1S/C17H15FN4OS/c1-22-15-8-3-2-7-14(15)20-17(22)24-11-16(23)21-19-10-12-5-4-6-13(18)9-12/h2-10H,11H2,1H3,(H,21,23). The van der Waals surface area contributed by atoms with Gasteiger partial charge in [-0.05, 0) is 29.8 Å². The number of thioether (sulfide) groups is 1. The number of carbonyl (C=O) groups excluding carboxylic acids is 1. The van der Waals surface area contributed by atoms with Crippen molar-refractivity contribution in [1.82, 2.24) is 15.0 Å². The fourth-order valence-electron chi connectivity index (χ4n) is 2.18. The first-order chi connectivity index (χ1) is 11.6. The summed E-state index contributed by atoms with van der Waals surface area (Å²) < 4.78 is 15.0. The number of fused-ring (bicyclic) bond motifs is 1. The number of nitrogens with one attached hydrogen (secondary N) is 1. The Labute approximate surface area is 142 Å². The Morgan fingerprint density at radius 2 is 2.17 bits per heavy atom. The number of benzene rings is 2. The quantitative estimate of drug-likeness (QED) is 0.441. The van der Waals surface area contributed by atoms with Crippen LogP contribution in [0.15, 0.2) is 58.8 Å². The highest BCUT2D eigenvalue weighted by atomic mass is 32.2. The van der Waals surface area contributed by atoms with Crippen LogP contribution < -0.4 is 5.43 Å². The van der Waals surface area contributed by atoms with Crippen LogP contribution in [-0.2, 0) is 11.8 Å². The second-order valence-electron chi connectivity index (χ2n) is 5.08. The van der Waals surface area contributed by atoms with Gasteiger partial charge in [-0.2, -0.15) is 5.10 Å². The van der Waals surface area contributed by atoms with Crippen LogP contribution in [0.1, 0.15) is 5.56 Å². The monoisotopic (exact) mass is 342 g/mol. The lowest BCUT2D eigenvalue weighted by Crippen LogP contribution is -2.19. The molecule has 1 heterocycles. The Morgan fingerprint density at radius 3 is 2.96 bits per heavy atom. The first-order valence-electron chi connectivity index (χ1n) is 7.25. The number of halogens is 1. The lowest BCUT2D eigenvalue weighted by Gasteiger charge is -2.01. The number of amides is 1. The lowest BCUT2D eigenvalue weighted by molar-refractivity contribution is -0.118. The largest absolute Gasteiger partial charge is 0.322 e. The second kappa shape index (κ2) is 7.27. The SMILES string of the molecule is Cn1c(SCC(=O)NN=Cc2cccc(F)c2)nc2ccccc21. The van der Waals surface area contributed by atoms with E-state index in [2.05, 4.69) is 15.5 Å². The molecule has 2 aromatic carbocycles. The van der Waals surface area contributed by atoms with E-state index in [1.165, 1.54) is 30.1 Å². The minimum absolute atomic E-state index is 0.192. The van der Waals surface area contributed by atoms with Gasteiger partial charge in [-0.25, -0.2) is 14.8 Å². The number of aromatic nitrogens is 2. The molecule has 3 aromatic rings. The molecule has 1 N–H and O–H groups in total. The number of carbonyl (C=O) groups is 1.